The molecule has 0 radical (unpaired) electrons. The number of nitrogens with zero attached hydrogens (tertiary/aromatic N) is 1. The molecule has 4 rings (SSSR count). The molecule has 1 aliphatic heterocycles. The van der Waals surface area contributed by atoms with E-state index in [1.54, 1.807) is 36.4 Å². The van der Waals surface area contributed by atoms with Crippen LogP contribution in [0.3, 0.4) is 0 Å². The van der Waals surface area contributed by atoms with Crippen LogP contribution in [-0.4, -0.2) is 22.9 Å². The molecule has 0 saturated carbocycles. The second-order valence-corrected chi connectivity index (χ2v) is 8.17. The number of benzene rings is 2. The third kappa shape index (κ3) is 3.80. The van der Waals surface area contributed by atoms with Crippen LogP contribution in [0, 0.1) is 13.8 Å². The molecule has 2 heterocycles. The summed E-state index contributed by atoms with van der Waals surface area (Å²) in [7, 11) is 0. The van der Waals surface area contributed by atoms with Crippen molar-refractivity contribution < 1.29 is 23.8 Å². The summed E-state index contributed by atoms with van der Waals surface area (Å²) in [5.74, 6) is -0.681. The highest BCUT2D eigenvalue weighted by Crippen LogP contribution is 2.43. The zero-order valence-electron chi connectivity index (χ0n) is 18.5. The van der Waals surface area contributed by atoms with Gasteiger partial charge in [0.05, 0.1) is 17.9 Å². The largest absolute Gasteiger partial charge is 0.507 e. The summed E-state index contributed by atoms with van der Waals surface area (Å²) in [5, 5.41) is 11.1. The second-order valence-electron chi connectivity index (χ2n) is 8.17. The van der Waals surface area contributed by atoms with Crippen LogP contribution >= 0.6 is 0 Å². The van der Waals surface area contributed by atoms with Crippen LogP contribution in [0.2, 0.25) is 0 Å². The number of anilines is 1. The lowest BCUT2D eigenvalue weighted by molar-refractivity contribution is -0.132. The molecule has 6 heteroatoms. The minimum atomic E-state index is -0.877. The van der Waals surface area contributed by atoms with Crippen LogP contribution in [0.15, 0.2) is 70.9 Å². The van der Waals surface area contributed by atoms with Crippen molar-refractivity contribution in [1.82, 2.24) is 0 Å². The summed E-state index contributed by atoms with van der Waals surface area (Å²) < 4.78 is 11.2. The van der Waals surface area contributed by atoms with Crippen molar-refractivity contribution in [3.63, 3.8) is 0 Å². The molecule has 1 aromatic heterocycles. The third-order valence-electron chi connectivity index (χ3n) is 5.37. The highest BCUT2D eigenvalue weighted by molar-refractivity contribution is 6.51. The molecular formula is C26H25NO5. The number of carbonyl (C=O) groups is 2. The van der Waals surface area contributed by atoms with E-state index in [4.69, 9.17) is 9.15 Å². The van der Waals surface area contributed by atoms with Crippen molar-refractivity contribution >= 4 is 23.1 Å². The molecule has 0 bridgehead atoms. The molecule has 1 saturated heterocycles. The number of furan rings is 1. The molecule has 0 spiro atoms. The number of amides is 1. The maximum Gasteiger partial charge on any atom is 0.300 e. The van der Waals surface area contributed by atoms with E-state index in [0.717, 1.165) is 11.1 Å². The minimum Gasteiger partial charge on any atom is -0.507 e. The fourth-order valence-electron chi connectivity index (χ4n) is 3.99. The van der Waals surface area contributed by atoms with Gasteiger partial charge in [-0.25, -0.2) is 0 Å². The van der Waals surface area contributed by atoms with Crippen LogP contribution in [0.1, 0.15) is 42.3 Å². The Morgan fingerprint density at radius 1 is 1.06 bits per heavy atom. The van der Waals surface area contributed by atoms with Crippen molar-refractivity contribution in [1.29, 1.82) is 0 Å². The van der Waals surface area contributed by atoms with E-state index >= 15 is 0 Å². The van der Waals surface area contributed by atoms with E-state index in [1.165, 1.54) is 11.2 Å². The minimum absolute atomic E-state index is 0.0106. The Morgan fingerprint density at radius 2 is 1.78 bits per heavy atom. The average molecular weight is 431 g/mol. The smallest absolute Gasteiger partial charge is 0.300 e. The molecule has 2 aromatic carbocycles. The normalized spacial score (nSPS) is 17.9. The Kier molecular flexibility index (Phi) is 5.61. The summed E-state index contributed by atoms with van der Waals surface area (Å²) in [6.45, 7) is 7.69. The number of ketones is 1. The maximum atomic E-state index is 13.1. The van der Waals surface area contributed by atoms with E-state index in [9.17, 15) is 14.7 Å². The van der Waals surface area contributed by atoms with Gasteiger partial charge in [0.15, 0.2) is 0 Å². The van der Waals surface area contributed by atoms with Crippen molar-refractivity contribution in [2.75, 3.05) is 4.90 Å². The number of aryl methyl sites for hydroxylation is 2. The number of aliphatic hydroxyl groups excluding tert-OH is 1. The van der Waals surface area contributed by atoms with E-state index in [0.29, 0.717) is 22.8 Å². The molecule has 1 unspecified atom stereocenters. The molecule has 32 heavy (non-hydrogen) atoms. The number of aliphatic hydroxyl groups is 1. The van der Waals surface area contributed by atoms with Gasteiger partial charge in [-0.3, -0.25) is 14.5 Å². The van der Waals surface area contributed by atoms with Gasteiger partial charge in [-0.05, 0) is 75.7 Å². The zero-order chi connectivity index (χ0) is 23.0. The van der Waals surface area contributed by atoms with Crippen LogP contribution in [0.25, 0.3) is 5.76 Å². The van der Waals surface area contributed by atoms with Crippen molar-refractivity contribution in [2.24, 2.45) is 0 Å². The summed E-state index contributed by atoms with van der Waals surface area (Å²) >= 11 is 0. The SMILES string of the molecule is Cc1ccc(N2C(=O)C(=O)/C(=C(\O)c3ccc(OC(C)C)cc3)C2c2ccco2)c(C)c1. The Labute approximate surface area is 186 Å². The first-order valence-electron chi connectivity index (χ1n) is 10.5. The lowest BCUT2D eigenvalue weighted by atomic mass is 9.98. The van der Waals surface area contributed by atoms with Gasteiger partial charge in [0.1, 0.15) is 23.3 Å². The molecule has 1 fully saturated rings. The summed E-state index contributed by atoms with van der Waals surface area (Å²) in [6.07, 6.45) is 1.49. The lowest BCUT2D eigenvalue weighted by Gasteiger charge is -2.25. The van der Waals surface area contributed by atoms with Crippen molar-refractivity contribution in [2.45, 2.75) is 39.8 Å². The molecule has 1 amide bonds. The highest BCUT2D eigenvalue weighted by Gasteiger charge is 2.48. The Balaban J connectivity index is 1.85. The van der Waals surface area contributed by atoms with Crippen LogP contribution in [0.5, 0.6) is 5.75 Å². The zero-order valence-corrected chi connectivity index (χ0v) is 18.5. The van der Waals surface area contributed by atoms with Crippen molar-refractivity contribution in [3.8, 4) is 5.75 Å². The first kappa shape index (κ1) is 21.4. The monoisotopic (exact) mass is 431 g/mol. The topological polar surface area (TPSA) is 80.0 Å². The summed E-state index contributed by atoms with van der Waals surface area (Å²) in [5.41, 5.74) is 2.89. The Bertz CT molecular complexity index is 1190. The first-order chi connectivity index (χ1) is 15.3. The van der Waals surface area contributed by atoms with Gasteiger partial charge in [-0.15, -0.1) is 0 Å². The number of ether oxygens (including phenoxy) is 1. The molecule has 1 aliphatic rings. The second kappa shape index (κ2) is 8.38. The summed E-state index contributed by atoms with van der Waals surface area (Å²) in [6, 6.07) is 14.9. The standard InChI is InChI=1S/C26H25NO5/c1-15(2)32-19-10-8-18(9-11-19)24(28)22-23(21-6-5-13-31-21)27(26(30)25(22)29)20-12-7-16(3)14-17(20)4/h5-15,23,28H,1-4H3/b24-22-. The van der Waals surface area contributed by atoms with Crippen LogP contribution in [-0.2, 0) is 9.59 Å². The quantitative estimate of drug-likeness (QED) is 0.336. The van der Waals surface area contributed by atoms with Crippen LogP contribution < -0.4 is 9.64 Å². The number of hydrogen-bond acceptors (Lipinski definition) is 5. The van der Waals surface area contributed by atoms with Gasteiger partial charge >= 0.3 is 0 Å². The predicted octanol–water partition coefficient (Wildman–Crippen LogP) is 5.31. The molecule has 164 valence electrons. The maximum absolute atomic E-state index is 13.1. The molecular weight excluding hydrogens is 406 g/mol. The number of rotatable bonds is 5. The molecule has 6 nitrogen and oxygen atoms in total. The number of Topliss-reactive ketones (excluding diaryl/α,β-unsaturated/α-hetero) is 1. The number of carbonyl (C=O) groups excluding carboxylic acids is 2. The van der Waals surface area contributed by atoms with E-state index < -0.39 is 17.7 Å². The van der Waals surface area contributed by atoms with Gasteiger partial charge in [0, 0.05) is 11.3 Å². The van der Waals surface area contributed by atoms with Gasteiger partial charge in [-0.2, -0.15) is 0 Å². The fourth-order valence-corrected chi connectivity index (χ4v) is 3.99. The Hall–Kier alpha value is -3.80. The van der Waals surface area contributed by atoms with Gasteiger partial charge in [0.2, 0.25) is 0 Å². The molecule has 1 atom stereocenters. The third-order valence-corrected chi connectivity index (χ3v) is 5.37. The predicted molar refractivity (Wildman–Crippen MR) is 122 cm³/mol. The molecule has 3 aromatic rings. The van der Waals surface area contributed by atoms with E-state index in [2.05, 4.69) is 0 Å². The number of hydrogen-bond donors (Lipinski definition) is 1. The molecule has 0 aliphatic carbocycles. The van der Waals surface area contributed by atoms with Gasteiger partial charge in [-0.1, -0.05) is 17.7 Å². The van der Waals surface area contributed by atoms with Crippen molar-refractivity contribution in [3.05, 3.63) is 88.9 Å². The lowest BCUT2D eigenvalue weighted by Crippen LogP contribution is -2.30. The average Bonchev–Trinajstić information content (AvgIpc) is 3.35. The Morgan fingerprint density at radius 3 is 2.38 bits per heavy atom. The molecule has 1 N–H and O–H groups in total. The highest BCUT2D eigenvalue weighted by atomic mass is 16.5. The van der Waals surface area contributed by atoms with E-state index in [-0.39, 0.29) is 17.4 Å². The van der Waals surface area contributed by atoms with Gasteiger partial charge < -0.3 is 14.3 Å². The van der Waals surface area contributed by atoms with Gasteiger partial charge in [0.25, 0.3) is 11.7 Å². The fraction of sp³-hybridized carbons (Fsp3) is 0.231. The summed E-state index contributed by atoms with van der Waals surface area (Å²) in [4.78, 5) is 27.7. The van der Waals surface area contributed by atoms with E-state index in [1.807, 2.05) is 45.9 Å². The van der Waals surface area contributed by atoms with Crippen LogP contribution in [0.4, 0.5) is 5.69 Å². The first-order valence-corrected chi connectivity index (χ1v) is 10.5.